The minimum atomic E-state index is -3.91. The van der Waals surface area contributed by atoms with E-state index >= 15 is 0 Å². The molecule has 0 unspecified atom stereocenters. The van der Waals surface area contributed by atoms with Gasteiger partial charge in [0.05, 0.1) is 11.4 Å². The zero-order valence-electron chi connectivity index (χ0n) is 16.1. The van der Waals surface area contributed by atoms with Crippen LogP contribution in [0.4, 0.5) is 17.2 Å². The number of carbonyl (C=O) groups is 1. The zero-order valence-corrected chi connectivity index (χ0v) is 17.0. The summed E-state index contributed by atoms with van der Waals surface area (Å²) in [6, 6.07) is 5.46. The Hall–Kier alpha value is -3.12. The number of nitrogens with one attached hydrogen (secondary N) is 2. The maximum absolute atomic E-state index is 12.3. The number of benzene rings is 1. The first-order chi connectivity index (χ1) is 13.5. The summed E-state index contributed by atoms with van der Waals surface area (Å²) in [6.07, 6.45) is 1.52. The molecule has 0 aliphatic rings. The number of nitrogens with zero attached hydrogens (tertiary/aromatic N) is 2. The van der Waals surface area contributed by atoms with Gasteiger partial charge in [-0.25, -0.2) is 18.4 Å². The molecule has 11 nitrogen and oxygen atoms in total. The summed E-state index contributed by atoms with van der Waals surface area (Å²) in [5.41, 5.74) is 4.92. The molecular formula is C17H24N6O5S. The number of unbranched alkanes of at least 4 members (excludes halogenated alkanes) is 1. The third-order valence-corrected chi connectivity index (χ3v) is 5.07. The van der Waals surface area contributed by atoms with Crippen molar-refractivity contribution >= 4 is 33.1 Å². The van der Waals surface area contributed by atoms with Gasteiger partial charge in [-0.1, -0.05) is 19.4 Å². The Balaban J connectivity index is 2.22. The third-order valence-electron chi connectivity index (χ3n) is 4.16. The van der Waals surface area contributed by atoms with Crippen LogP contribution in [0.1, 0.15) is 19.8 Å². The number of carbonyl (C=O) groups excluding carboxylic acids is 1. The van der Waals surface area contributed by atoms with E-state index in [1.54, 1.807) is 0 Å². The normalized spacial score (nSPS) is 11.3. The lowest BCUT2D eigenvalue weighted by atomic mass is 10.3. The van der Waals surface area contributed by atoms with Gasteiger partial charge in [-0.15, -0.1) is 0 Å². The average molecular weight is 424 g/mol. The van der Waals surface area contributed by atoms with E-state index in [0.29, 0.717) is 13.0 Å². The monoisotopic (exact) mass is 424 g/mol. The molecule has 6 N–H and O–H groups in total. The van der Waals surface area contributed by atoms with Gasteiger partial charge in [-0.2, -0.15) is 0 Å². The molecule has 1 amide bonds. The molecule has 0 spiro atoms. The van der Waals surface area contributed by atoms with Crippen molar-refractivity contribution in [1.82, 2.24) is 9.55 Å². The van der Waals surface area contributed by atoms with Crippen LogP contribution in [-0.2, 0) is 21.4 Å². The molecule has 2 rings (SSSR count). The number of hydrogen-bond acceptors (Lipinski definition) is 7. The Morgan fingerprint density at radius 1 is 1.31 bits per heavy atom. The van der Waals surface area contributed by atoms with Crippen LogP contribution in [0.3, 0.4) is 0 Å². The van der Waals surface area contributed by atoms with Gasteiger partial charge < -0.3 is 16.0 Å². The predicted octanol–water partition coefficient (Wildman–Crippen LogP) is -0.359. The SMILES string of the molecule is CCCCn1c(N)c(N(C)CC(=O)Nc2cccc(S(N)(=O)=O)c2)c(=O)[nH]c1=O. The maximum atomic E-state index is 12.3. The molecule has 1 aromatic carbocycles. The van der Waals surface area contributed by atoms with Crippen LogP contribution in [0.25, 0.3) is 0 Å². The molecule has 1 aromatic heterocycles. The number of amides is 1. The molecule has 1 heterocycles. The first kappa shape index (κ1) is 22.2. The van der Waals surface area contributed by atoms with E-state index in [4.69, 9.17) is 10.9 Å². The molecule has 29 heavy (non-hydrogen) atoms. The Morgan fingerprint density at radius 2 is 2.00 bits per heavy atom. The fourth-order valence-corrected chi connectivity index (χ4v) is 3.29. The fraction of sp³-hybridized carbons (Fsp3) is 0.353. The van der Waals surface area contributed by atoms with Gasteiger partial charge in [0, 0.05) is 19.3 Å². The van der Waals surface area contributed by atoms with Crippen molar-refractivity contribution in [3.05, 3.63) is 45.1 Å². The van der Waals surface area contributed by atoms with E-state index in [1.807, 2.05) is 6.92 Å². The quantitative estimate of drug-likeness (QED) is 0.447. The van der Waals surface area contributed by atoms with Gasteiger partial charge in [0.2, 0.25) is 15.9 Å². The molecular weight excluding hydrogens is 400 g/mol. The fourth-order valence-electron chi connectivity index (χ4n) is 2.73. The third kappa shape index (κ3) is 5.45. The molecule has 0 fully saturated rings. The van der Waals surface area contributed by atoms with Gasteiger partial charge in [0.15, 0.2) is 0 Å². The van der Waals surface area contributed by atoms with Crippen LogP contribution in [0.2, 0.25) is 0 Å². The number of anilines is 3. The number of H-pyrrole nitrogens is 1. The van der Waals surface area contributed by atoms with Crippen molar-refractivity contribution in [3.8, 4) is 0 Å². The summed E-state index contributed by atoms with van der Waals surface area (Å²) >= 11 is 0. The van der Waals surface area contributed by atoms with Gasteiger partial charge in [-0.05, 0) is 24.6 Å². The summed E-state index contributed by atoms with van der Waals surface area (Å²) in [5, 5.41) is 7.61. The molecule has 158 valence electrons. The summed E-state index contributed by atoms with van der Waals surface area (Å²) in [4.78, 5) is 39.9. The number of aromatic amines is 1. The number of primary sulfonamides is 1. The van der Waals surface area contributed by atoms with Crippen LogP contribution in [0.15, 0.2) is 38.8 Å². The van der Waals surface area contributed by atoms with Gasteiger partial charge >= 0.3 is 5.69 Å². The molecule has 0 saturated carbocycles. The molecule has 2 aromatic rings. The van der Waals surface area contributed by atoms with Crippen molar-refractivity contribution in [3.63, 3.8) is 0 Å². The van der Waals surface area contributed by atoms with Crippen molar-refractivity contribution in [1.29, 1.82) is 0 Å². The number of sulfonamides is 1. The molecule has 0 aliphatic carbocycles. The number of rotatable bonds is 8. The second-order valence-corrected chi connectivity index (χ2v) is 8.04. The van der Waals surface area contributed by atoms with E-state index in [-0.39, 0.29) is 28.6 Å². The van der Waals surface area contributed by atoms with Crippen molar-refractivity contribution in [2.45, 2.75) is 31.2 Å². The summed E-state index contributed by atoms with van der Waals surface area (Å²) in [5.74, 6) is -0.553. The molecule has 0 bridgehead atoms. The van der Waals surface area contributed by atoms with Crippen LogP contribution in [0, 0.1) is 0 Å². The number of nitrogen functional groups attached to an aromatic ring is 1. The van der Waals surface area contributed by atoms with E-state index in [1.165, 1.54) is 40.8 Å². The minimum absolute atomic E-state index is 0.00543. The van der Waals surface area contributed by atoms with E-state index < -0.39 is 27.2 Å². The van der Waals surface area contributed by atoms with Gasteiger partial charge in [0.25, 0.3) is 5.56 Å². The number of hydrogen-bond donors (Lipinski definition) is 4. The van der Waals surface area contributed by atoms with Crippen LogP contribution in [0.5, 0.6) is 0 Å². The summed E-state index contributed by atoms with van der Waals surface area (Å²) < 4.78 is 24.1. The maximum Gasteiger partial charge on any atom is 0.330 e. The second kappa shape index (κ2) is 8.92. The van der Waals surface area contributed by atoms with Crippen molar-refractivity contribution in [2.75, 3.05) is 29.5 Å². The first-order valence-corrected chi connectivity index (χ1v) is 10.4. The number of nitrogens with two attached hydrogens (primary N) is 2. The Morgan fingerprint density at radius 3 is 2.62 bits per heavy atom. The molecule has 0 aliphatic heterocycles. The lowest BCUT2D eigenvalue weighted by Crippen LogP contribution is -2.39. The molecule has 12 heteroatoms. The second-order valence-electron chi connectivity index (χ2n) is 6.48. The number of likely N-dealkylation sites (N-methyl/N-ethyl adjacent to an activating group) is 1. The summed E-state index contributed by atoms with van der Waals surface area (Å²) in [6.45, 7) is 2.03. The van der Waals surface area contributed by atoms with E-state index in [0.717, 1.165) is 6.42 Å². The highest BCUT2D eigenvalue weighted by Gasteiger charge is 2.18. The van der Waals surface area contributed by atoms with Gasteiger partial charge in [-0.3, -0.25) is 19.1 Å². The lowest BCUT2D eigenvalue weighted by Gasteiger charge is -2.21. The number of aromatic nitrogens is 2. The first-order valence-electron chi connectivity index (χ1n) is 8.81. The lowest BCUT2D eigenvalue weighted by molar-refractivity contribution is -0.114. The molecule has 0 saturated heterocycles. The largest absolute Gasteiger partial charge is 0.383 e. The summed E-state index contributed by atoms with van der Waals surface area (Å²) in [7, 11) is -2.43. The van der Waals surface area contributed by atoms with E-state index in [9.17, 15) is 22.8 Å². The average Bonchev–Trinajstić information content (AvgIpc) is 2.60. The topological polar surface area (TPSA) is 173 Å². The Bertz CT molecular complexity index is 1120. The van der Waals surface area contributed by atoms with Crippen LogP contribution < -0.4 is 32.3 Å². The standard InChI is InChI=1S/C17H24N6O5S/c1-3-4-8-23-15(18)14(16(25)21-17(23)26)22(2)10-13(24)20-11-6-5-7-12(9-11)29(19,27)28/h5-7,9H,3-4,8,10,18H2,1-2H3,(H,20,24)(H2,19,27,28)(H,21,25,26). The highest BCUT2D eigenvalue weighted by Crippen LogP contribution is 2.17. The highest BCUT2D eigenvalue weighted by atomic mass is 32.2. The van der Waals surface area contributed by atoms with Crippen LogP contribution >= 0.6 is 0 Å². The molecule has 0 radical (unpaired) electrons. The minimum Gasteiger partial charge on any atom is -0.383 e. The zero-order chi connectivity index (χ0) is 21.8. The predicted molar refractivity (Wildman–Crippen MR) is 110 cm³/mol. The van der Waals surface area contributed by atoms with Crippen molar-refractivity contribution in [2.24, 2.45) is 5.14 Å². The van der Waals surface area contributed by atoms with Crippen LogP contribution in [-0.4, -0.2) is 37.5 Å². The van der Waals surface area contributed by atoms with Crippen molar-refractivity contribution < 1.29 is 13.2 Å². The molecule has 0 atom stereocenters. The Kier molecular flexibility index (Phi) is 6.82. The van der Waals surface area contributed by atoms with Gasteiger partial charge in [0.1, 0.15) is 11.5 Å². The Labute approximate surface area is 167 Å². The van der Waals surface area contributed by atoms with E-state index in [2.05, 4.69) is 10.3 Å². The smallest absolute Gasteiger partial charge is 0.330 e. The highest BCUT2D eigenvalue weighted by molar-refractivity contribution is 7.89.